The Balaban J connectivity index is 1.78. The zero-order chi connectivity index (χ0) is 12.5. The Morgan fingerprint density at radius 3 is 2.89 bits per heavy atom. The number of thiazole rings is 1. The van der Waals surface area contributed by atoms with Gasteiger partial charge >= 0.3 is 0 Å². The van der Waals surface area contributed by atoms with Gasteiger partial charge in [0.15, 0.2) is 5.13 Å². The van der Waals surface area contributed by atoms with Gasteiger partial charge in [-0.2, -0.15) is 0 Å². The summed E-state index contributed by atoms with van der Waals surface area (Å²) in [7, 11) is 0. The molecule has 0 amide bonds. The highest BCUT2D eigenvalue weighted by Gasteiger charge is 2.04. The highest BCUT2D eigenvalue weighted by Crippen LogP contribution is 2.29. The van der Waals surface area contributed by atoms with Crippen LogP contribution in [-0.2, 0) is 6.54 Å². The predicted octanol–water partition coefficient (Wildman–Crippen LogP) is 5.04. The van der Waals surface area contributed by atoms with Crippen LogP contribution in [0.5, 0.6) is 0 Å². The molecule has 0 bridgehead atoms. The van der Waals surface area contributed by atoms with E-state index in [0.29, 0.717) is 0 Å². The van der Waals surface area contributed by atoms with E-state index in [2.05, 4.69) is 51.4 Å². The van der Waals surface area contributed by atoms with E-state index in [1.807, 2.05) is 23.5 Å². The maximum atomic E-state index is 4.57. The number of nitrogens with one attached hydrogen (secondary N) is 1. The van der Waals surface area contributed by atoms with Crippen molar-refractivity contribution < 1.29 is 0 Å². The summed E-state index contributed by atoms with van der Waals surface area (Å²) < 4.78 is 2.30. The maximum Gasteiger partial charge on any atom is 0.184 e. The molecule has 3 rings (SSSR count). The summed E-state index contributed by atoms with van der Waals surface area (Å²) in [6.07, 6.45) is 0. The molecule has 1 N–H and O–H groups in total. The monoisotopic (exact) mass is 338 g/mol. The van der Waals surface area contributed by atoms with Crippen molar-refractivity contribution in [1.29, 1.82) is 0 Å². The normalized spacial score (nSPS) is 11.0. The van der Waals surface area contributed by atoms with Crippen molar-refractivity contribution in [2.75, 3.05) is 5.32 Å². The van der Waals surface area contributed by atoms with Crippen LogP contribution in [-0.4, -0.2) is 4.98 Å². The third-order valence-corrected chi connectivity index (χ3v) is 5.03. The lowest BCUT2D eigenvalue weighted by Gasteiger charge is -1.98. The smallest absolute Gasteiger partial charge is 0.184 e. The highest BCUT2D eigenvalue weighted by atomic mass is 79.9. The van der Waals surface area contributed by atoms with E-state index in [1.54, 1.807) is 11.3 Å². The molecular formula is C13H11BrN2S2. The van der Waals surface area contributed by atoms with Crippen LogP contribution >= 0.6 is 38.6 Å². The molecule has 0 unspecified atom stereocenters. The van der Waals surface area contributed by atoms with Gasteiger partial charge in [-0.25, -0.2) is 4.98 Å². The second-order valence-corrected chi connectivity index (χ2v) is 7.32. The quantitative estimate of drug-likeness (QED) is 0.723. The van der Waals surface area contributed by atoms with Gasteiger partial charge in [-0.15, -0.1) is 11.3 Å². The summed E-state index contributed by atoms with van der Waals surface area (Å²) in [6.45, 7) is 2.98. The molecule has 0 saturated carbocycles. The minimum absolute atomic E-state index is 0.847. The Kier molecular flexibility index (Phi) is 3.37. The first kappa shape index (κ1) is 12.1. The van der Waals surface area contributed by atoms with Crippen LogP contribution in [0.2, 0.25) is 0 Å². The Morgan fingerprint density at radius 1 is 1.22 bits per heavy atom. The van der Waals surface area contributed by atoms with E-state index < -0.39 is 0 Å². The Hall–Kier alpha value is -0.910. The molecule has 18 heavy (non-hydrogen) atoms. The lowest BCUT2D eigenvalue weighted by molar-refractivity contribution is 1.18. The standard InChI is InChI=1S/C13H11BrN2S2/c1-8-2-4-10(17-8)7-15-13-16-11-5-3-9(14)6-12(11)18-13/h2-6H,7H2,1H3,(H,15,16). The van der Waals surface area contributed by atoms with Gasteiger partial charge in [-0.1, -0.05) is 27.3 Å². The Labute approximate surface area is 122 Å². The number of hydrogen-bond acceptors (Lipinski definition) is 4. The number of aromatic nitrogens is 1. The molecule has 2 aromatic heterocycles. The first-order valence-corrected chi connectivity index (χ1v) is 7.98. The molecule has 3 aromatic rings. The van der Waals surface area contributed by atoms with Crippen LogP contribution in [0.4, 0.5) is 5.13 Å². The fourth-order valence-corrected chi connectivity index (χ4v) is 3.96. The summed E-state index contributed by atoms with van der Waals surface area (Å²) in [5.74, 6) is 0. The number of rotatable bonds is 3. The molecule has 2 heterocycles. The van der Waals surface area contributed by atoms with E-state index in [1.165, 1.54) is 14.5 Å². The molecule has 0 radical (unpaired) electrons. The number of aryl methyl sites for hydroxylation is 1. The van der Waals surface area contributed by atoms with Gasteiger partial charge in [-0.3, -0.25) is 0 Å². The molecule has 0 aliphatic rings. The van der Waals surface area contributed by atoms with E-state index in [4.69, 9.17) is 0 Å². The number of nitrogens with zero attached hydrogens (tertiary/aromatic N) is 1. The van der Waals surface area contributed by atoms with Crippen molar-refractivity contribution in [3.63, 3.8) is 0 Å². The molecule has 0 atom stereocenters. The number of hydrogen-bond donors (Lipinski definition) is 1. The first-order chi connectivity index (χ1) is 8.70. The largest absolute Gasteiger partial charge is 0.357 e. The first-order valence-electron chi connectivity index (χ1n) is 5.56. The van der Waals surface area contributed by atoms with Gasteiger partial charge in [0.25, 0.3) is 0 Å². The molecule has 92 valence electrons. The maximum absolute atomic E-state index is 4.57. The van der Waals surface area contributed by atoms with E-state index >= 15 is 0 Å². The van der Waals surface area contributed by atoms with Gasteiger partial charge in [0, 0.05) is 14.2 Å². The Bertz CT molecular complexity index is 687. The summed E-state index contributed by atoms with van der Waals surface area (Å²) in [4.78, 5) is 7.25. The van der Waals surface area contributed by atoms with Gasteiger partial charge in [0.1, 0.15) is 0 Å². The number of benzene rings is 1. The molecule has 2 nitrogen and oxygen atoms in total. The number of fused-ring (bicyclic) bond motifs is 1. The van der Waals surface area contributed by atoms with E-state index in [9.17, 15) is 0 Å². The molecule has 5 heteroatoms. The molecule has 0 spiro atoms. The highest BCUT2D eigenvalue weighted by molar-refractivity contribution is 9.10. The second-order valence-electron chi connectivity index (χ2n) is 4.00. The molecule has 0 saturated heterocycles. The predicted molar refractivity (Wildman–Crippen MR) is 83.7 cm³/mol. The third kappa shape index (κ3) is 2.58. The zero-order valence-electron chi connectivity index (χ0n) is 9.74. The fraction of sp³-hybridized carbons (Fsp3) is 0.154. The van der Waals surface area contributed by atoms with Crippen molar-refractivity contribution >= 4 is 54.0 Å². The molecule has 1 aromatic carbocycles. The van der Waals surface area contributed by atoms with Gasteiger partial charge in [0.2, 0.25) is 0 Å². The van der Waals surface area contributed by atoms with Crippen molar-refractivity contribution in [2.24, 2.45) is 0 Å². The van der Waals surface area contributed by atoms with Crippen molar-refractivity contribution in [2.45, 2.75) is 13.5 Å². The zero-order valence-corrected chi connectivity index (χ0v) is 13.0. The second kappa shape index (κ2) is 4.99. The SMILES string of the molecule is Cc1ccc(CNc2nc3ccc(Br)cc3s2)s1. The molecular weight excluding hydrogens is 328 g/mol. The molecule has 0 aliphatic carbocycles. The molecule has 0 aliphatic heterocycles. The van der Waals surface area contributed by atoms with E-state index in [0.717, 1.165) is 21.7 Å². The third-order valence-electron chi connectivity index (χ3n) is 2.56. The minimum atomic E-state index is 0.847. The van der Waals surface area contributed by atoms with Crippen molar-refractivity contribution in [3.8, 4) is 0 Å². The number of anilines is 1. The lowest BCUT2D eigenvalue weighted by atomic mass is 10.3. The fourth-order valence-electron chi connectivity index (χ4n) is 1.72. The van der Waals surface area contributed by atoms with Crippen molar-refractivity contribution in [3.05, 3.63) is 44.6 Å². The van der Waals surface area contributed by atoms with Gasteiger partial charge < -0.3 is 5.32 Å². The summed E-state index contributed by atoms with van der Waals surface area (Å²) in [5, 5.41) is 4.37. The van der Waals surface area contributed by atoms with Crippen LogP contribution in [0.15, 0.2) is 34.8 Å². The van der Waals surface area contributed by atoms with Crippen LogP contribution in [0.25, 0.3) is 10.2 Å². The topological polar surface area (TPSA) is 24.9 Å². The summed E-state index contributed by atoms with van der Waals surface area (Å²) in [5.41, 5.74) is 1.05. The Morgan fingerprint density at radius 2 is 2.11 bits per heavy atom. The molecule has 0 fully saturated rings. The van der Waals surface area contributed by atoms with Gasteiger partial charge in [-0.05, 0) is 37.3 Å². The lowest BCUT2D eigenvalue weighted by Crippen LogP contribution is -1.95. The van der Waals surface area contributed by atoms with Crippen LogP contribution in [0.3, 0.4) is 0 Å². The van der Waals surface area contributed by atoms with Gasteiger partial charge in [0.05, 0.1) is 16.8 Å². The minimum Gasteiger partial charge on any atom is -0.357 e. The number of thiophene rings is 1. The van der Waals surface area contributed by atoms with Crippen LogP contribution in [0.1, 0.15) is 9.75 Å². The van der Waals surface area contributed by atoms with Crippen molar-refractivity contribution in [1.82, 2.24) is 4.98 Å². The van der Waals surface area contributed by atoms with Crippen LogP contribution in [0, 0.1) is 6.92 Å². The number of halogens is 1. The summed E-state index contributed by atoms with van der Waals surface area (Å²) in [6, 6.07) is 10.5. The average molecular weight is 339 g/mol. The van der Waals surface area contributed by atoms with E-state index in [-0.39, 0.29) is 0 Å². The summed E-state index contributed by atoms with van der Waals surface area (Å²) >= 11 is 6.99. The van der Waals surface area contributed by atoms with Crippen LogP contribution < -0.4 is 5.32 Å². The average Bonchev–Trinajstić information content (AvgIpc) is 2.92.